The van der Waals surface area contributed by atoms with Crippen molar-refractivity contribution in [1.29, 1.82) is 0 Å². The van der Waals surface area contributed by atoms with Crippen LogP contribution in [0, 0.1) is 0 Å². The maximum Gasteiger partial charge on any atom is 0.265 e. The van der Waals surface area contributed by atoms with Crippen LogP contribution in [0.3, 0.4) is 0 Å². The van der Waals surface area contributed by atoms with Crippen LogP contribution in [-0.4, -0.2) is 20.1 Å². The van der Waals surface area contributed by atoms with Crippen molar-refractivity contribution in [3.05, 3.63) is 54.0 Å². The lowest BCUT2D eigenvalue weighted by Crippen LogP contribution is -2.29. The van der Waals surface area contributed by atoms with Gasteiger partial charge in [-0.05, 0) is 37.6 Å². The second-order valence-corrected chi connectivity index (χ2v) is 7.86. The first-order valence-corrected chi connectivity index (χ1v) is 9.47. The molecule has 3 aromatic rings. The van der Waals surface area contributed by atoms with Crippen LogP contribution in [0.5, 0.6) is 5.75 Å². The largest absolute Gasteiger partial charge is 0.481 e. The molecule has 1 aliphatic heterocycles. The first-order chi connectivity index (χ1) is 12.8. The van der Waals surface area contributed by atoms with Crippen molar-refractivity contribution < 1.29 is 13.7 Å². The van der Waals surface area contributed by atoms with Gasteiger partial charge in [-0.2, -0.15) is 0 Å². The van der Waals surface area contributed by atoms with Crippen LogP contribution in [0.15, 0.2) is 47.6 Å². The van der Waals surface area contributed by atoms with Crippen LogP contribution in [0.2, 0.25) is 0 Å². The number of nitrogens with one attached hydrogen (secondary N) is 1. The number of ether oxygens (including phenoxy) is 1. The summed E-state index contributed by atoms with van der Waals surface area (Å²) in [5.41, 5.74) is 8.84. The van der Waals surface area contributed by atoms with Gasteiger partial charge in [-0.3, -0.25) is 9.78 Å². The molecule has 3 heterocycles. The summed E-state index contributed by atoms with van der Waals surface area (Å²) in [7, 11) is -1.64. The lowest BCUT2D eigenvalue weighted by Gasteiger charge is -2.33. The molecule has 0 saturated heterocycles. The van der Waals surface area contributed by atoms with Crippen molar-refractivity contribution in [2.45, 2.75) is 24.3 Å². The molecule has 0 radical (unpaired) electrons. The molecule has 1 unspecified atom stereocenters. The molecule has 5 N–H and O–H groups in total. The van der Waals surface area contributed by atoms with Crippen LogP contribution in [0.1, 0.15) is 29.9 Å². The monoisotopic (exact) mass is 382 g/mol. The van der Waals surface area contributed by atoms with E-state index in [9.17, 15) is 9.00 Å². The highest BCUT2D eigenvalue weighted by Gasteiger charge is 2.39. The summed E-state index contributed by atoms with van der Waals surface area (Å²) >= 11 is 0. The molecular formula is C19H18N4O3S. The minimum atomic E-state index is -1.64. The highest BCUT2D eigenvalue weighted by molar-refractivity contribution is 7.82. The van der Waals surface area contributed by atoms with E-state index in [0.717, 1.165) is 16.8 Å². The van der Waals surface area contributed by atoms with Gasteiger partial charge in [0.05, 0.1) is 16.8 Å². The Morgan fingerprint density at radius 2 is 2.07 bits per heavy atom. The summed E-state index contributed by atoms with van der Waals surface area (Å²) in [6.07, 6.45) is 3.30. The average molecular weight is 382 g/mol. The van der Waals surface area contributed by atoms with E-state index in [2.05, 4.69) is 9.97 Å². The van der Waals surface area contributed by atoms with E-state index in [0.29, 0.717) is 21.8 Å². The number of H-pyrrole nitrogens is 1. The van der Waals surface area contributed by atoms with Gasteiger partial charge in [0, 0.05) is 22.9 Å². The lowest BCUT2D eigenvalue weighted by atomic mass is 9.86. The van der Waals surface area contributed by atoms with Gasteiger partial charge in [-0.25, -0.2) is 9.35 Å². The van der Waals surface area contributed by atoms with Crippen molar-refractivity contribution >= 4 is 16.9 Å². The van der Waals surface area contributed by atoms with Gasteiger partial charge in [-0.1, -0.05) is 12.1 Å². The molecule has 0 saturated carbocycles. The standard InChI is InChI=1S/C19H18N4O3S/c1-19(2)15-14(10-4-3-5-11(8-10)27(21)25)17(18(20)24)23-16(15)12-6-7-22-9-13(12)26-19/h3-9,23H,21H2,1-2H3,(H2,20,24). The molecule has 1 atom stereocenters. The number of aromatic amines is 1. The molecule has 138 valence electrons. The molecule has 0 bridgehead atoms. The normalized spacial score (nSPS) is 15.4. The molecule has 0 fully saturated rings. The molecule has 7 nitrogen and oxygen atoms in total. The Morgan fingerprint density at radius 1 is 1.30 bits per heavy atom. The molecule has 27 heavy (non-hydrogen) atoms. The van der Waals surface area contributed by atoms with Crippen LogP contribution in [-0.2, 0) is 16.6 Å². The first-order valence-electron chi connectivity index (χ1n) is 8.26. The molecule has 1 aromatic carbocycles. The summed E-state index contributed by atoms with van der Waals surface area (Å²) in [6, 6.07) is 8.76. The highest BCUT2D eigenvalue weighted by Crippen LogP contribution is 2.49. The van der Waals surface area contributed by atoms with Crippen LogP contribution in [0.4, 0.5) is 0 Å². The fraction of sp³-hybridized carbons (Fsp3) is 0.158. The number of carbonyl (C=O) groups excluding carboxylic acids is 1. The van der Waals surface area contributed by atoms with E-state index in [1.807, 2.05) is 26.0 Å². The number of aromatic nitrogens is 2. The Kier molecular flexibility index (Phi) is 3.90. The number of benzene rings is 1. The fourth-order valence-electron chi connectivity index (χ4n) is 3.55. The number of amides is 1. The third-order valence-corrected chi connectivity index (χ3v) is 5.34. The molecule has 0 spiro atoms. The lowest BCUT2D eigenvalue weighted by molar-refractivity contribution is 0.0996. The fourth-order valence-corrected chi connectivity index (χ4v) is 4.00. The van der Waals surface area contributed by atoms with E-state index in [4.69, 9.17) is 15.6 Å². The van der Waals surface area contributed by atoms with Gasteiger partial charge in [0.2, 0.25) is 0 Å². The Labute approximate surface area is 158 Å². The van der Waals surface area contributed by atoms with E-state index in [1.54, 1.807) is 30.6 Å². The predicted octanol–water partition coefficient (Wildman–Crippen LogP) is 2.45. The van der Waals surface area contributed by atoms with Gasteiger partial charge in [0.1, 0.15) is 28.0 Å². The number of carbonyl (C=O) groups is 1. The van der Waals surface area contributed by atoms with Gasteiger partial charge in [0.25, 0.3) is 5.91 Å². The summed E-state index contributed by atoms with van der Waals surface area (Å²) in [4.78, 5) is 19.9. The quantitative estimate of drug-likeness (QED) is 0.643. The van der Waals surface area contributed by atoms with E-state index in [1.165, 1.54) is 0 Å². The Bertz CT molecular complexity index is 1100. The number of pyridine rings is 1. The Hall–Kier alpha value is -2.97. The third kappa shape index (κ3) is 2.73. The van der Waals surface area contributed by atoms with Crippen molar-refractivity contribution in [1.82, 2.24) is 9.97 Å². The molecule has 1 aliphatic rings. The van der Waals surface area contributed by atoms with Crippen molar-refractivity contribution in [2.24, 2.45) is 10.9 Å². The molecule has 4 rings (SSSR count). The van der Waals surface area contributed by atoms with Gasteiger partial charge in [-0.15, -0.1) is 0 Å². The third-order valence-electron chi connectivity index (χ3n) is 4.62. The molecular weight excluding hydrogens is 364 g/mol. The van der Waals surface area contributed by atoms with E-state index in [-0.39, 0.29) is 5.69 Å². The molecule has 2 aromatic heterocycles. The van der Waals surface area contributed by atoms with Gasteiger partial charge >= 0.3 is 0 Å². The maximum absolute atomic E-state index is 12.2. The number of rotatable bonds is 3. The number of hydrogen-bond donors (Lipinski definition) is 3. The summed E-state index contributed by atoms with van der Waals surface area (Å²) < 4.78 is 17.9. The average Bonchev–Trinajstić information content (AvgIpc) is 3.04. The predicted molar refractivity (Wildman–Crippen MR) is 102 cm³/mol. The first kappa shape index (κ1) is 17.4. The number of hydrogen-bond acceptors (Lipinski definition) is 4. The summed E-state index contributed by atoms with van der Waals surface area (Å²) in [6.45, 7) is 3.82. The maximum atomic E-state index is 12.2. The molecule has 8 heteroatoms. The summed E-state index contributed by atoms with van der Waals surface area (Å²) in [5, 5.41) is 5.53. The zero-order chi connectivity index (χ0) is 19.3. The van der Waals surface area contributed by atoms with E-state index >= 15 is 0 Å². The highest BCUT2D eigenvalue weighted by atomic mass is 32.2. The number of nitrogens with two attached hydrogens (primary N) is 2. The molecule has 1 amide bonds. The van der Waals surface area contributed by atoms with Crippen molar-refractivity contribution in [3.8, 4) is 28.1 Å². The van der Waals surface area contributed by atoms with Gasteiger partial charge < -0.3 is 15.5 Å². The summed E-state index contributed by atoms with van der Waals surface area (Å²) in [5.74, 6) is 0.0284. The van der Waals surface area contributed by atoms with Crippen molar-refractivity contribution in [3.63, 3.8) is 0 Å². The second kappa shape index (κ2) is 6.04. The number of nitrogens with zero attached hydrogens (tertiary/aromatic N) is 1. The van der Waals surface area contributed by atoms with Crippen LogP contribution in [0.25, 0.3) is 22.4 Å². The van der Waals surface area contributed by atoms with E-state index < -0.39 is 22.5 Å². The smallest absolute Gasteiger partial charge is 0.265 e. The van der Waals surface area contributed by atoms with Crippen LogP contribution < -0.4 is 15.6 Å². The minimum absolute atomic E-state index is 0.265. The zero-order valence-electron chi connectivity index (χ0n) is 14.8. The van der Waals surface area contributed by atoms with Crippen molar-refractivity contribution in [2.75, 3.05) is 0 Å². The topological polar surface area (TPSA) is 124 Å². The Balaban J connectivity index is 2.07. The minimum Gasteiger partial charge on any atom is -0.481 e. The number of fused-ring (bicyclic) bond motifs is 3. The second-order valence-electron chi connectivity index (χ2n) is 6.80. The van der Waals surface area contributed by atoms with Crippen LogP contribution >= 0.6 is 0 Å². The SMILES string of the molecule is CC1(C)Oc2cnccc2-c2[nH]c(C(N)=O)c(-c3cccc(S(N)=O)c3)c21. The zero-order valence-corrected chi connectivity index (χ0v) is 15.6. The number of primary amides is 1. The Morgan fingerprint density at radius 3 is 2.78 bits per heavy atom. The van der Waals surface area contributed by atoms with Gasteiger partial charge in [0.15, 0.2) is 0 Å². The molecule has 0 aliphatic carbocycles.